The Labute approximate surface area is 140 Å². The minimum absolute atomic E-state index is 0.123. The zero-order chi connectivity index (χ0) is 17.0. The number of hydrogen-bond acceptors (Lipinski definition) is 5. The van der Waals surface area contributed by atoms with Gasteiger partial charge in [-0.2, -0.15) is 5.26 Å². The first-order chi connectivity index (χ1) is 10.9. The molecule has 118 valence electrons. The van der Waals surface area contributed by atoms with Crippen LogP contribution in [0.4, 0.5) is 5.69 Å². The van der Waals surface area contributed by atoms with Crippen molar-refractivity contribution in [2.45, 2.75) is 38.0 Å². The summed E-state index contributed by atoms with van der Waals surface area (Å²) in [6, 6.07) is 9.73. The monoisotopic (exact) mass is 326 g/mol. The molecule has 1 N–H and O–H groups in total. The number of para-hydroxylation sites is 1. The van der Waals surface area contributed by atoms with E-state index in [0.29, 0.717) is 22.1 Å². The van der Waals surface area contributed by atoms with Gasteiger partial charge in [-0.25, -0.2) is 9.97 Å². The molecule has 0 bridgehead atoms. The van der Waals surface area contributed by atoms with E-state index >= 15 is 0 Å². The quantitative estimate of drug-likeness (QED) is 0.688. The summed E-state index contributed by atoms with van der Waals surface area (Å²) in [6.07, 6.45) is 0. The molecule has 1 amide bonds. The largest absolute Gasteiger partial charge is 0.325 e. The highest BCUT2D eigenvalue weighted by Crippen LogP contribution is 2.27. The number of nitrogens with zero attached hydrogens (tertiary/aromatic N) is 3. The van der Waals surface area contributed by atoms with Crippen molar-refractivity contribution < 1.29 is 4.79 Å². The van der Waals surface area contributed by atoms with Gasteiger partial charge >= 0.3 is 0 Å². The third-order valence-corrected chi connectivity index (χ3v) is 4.43. The van der Waals surface area contributed by atoms with Crippen LogP contribution in [0, 0.1) is 32.1 Å². The molecule has 0 saturated heterocycles. The molecule has 1 atom stereocenters. The number of hydrogen-bond donors (Lipinski definition) is 1. The number of thioether (sulfide) groups is 1. The predicted molar refractivity (Wildman–Crippen MR) is 91.3 cm³/mol. The van der Waals surface area contributed by atoms with E-state index in [1.807, 2.05) is 31.2 Å². The summed E-state index contributed by atoms with van der Waals surface area (Å²) < 4.78 is 0. The van der Waals surface area contributed by atoms with Gasteiger partial charge < -0.3 is 5.32 Å². The molecule has 0 spiro atoms. The summed E-state index contributed by atoms with van der Waals surface area (Å²) in [7, 11) is 0. The summed E-state index contributed by atoms with van der Waals surface area (Å²) in [6.45, 7) is 7.29. The van der Waals surface area contributed by atoms with Crippen LogP contribution in [-0.4, -0.2) is 21.1 Å². The Kier molecular flexibility index (Phi) is 5.35. The Balaban J connectivity index is 2.16. The number of benzene rings is 1. The van der Waals surface area contributed by atoms with E-state index in [0.717, 1.165) is 11.3 Å². The fraction of sp³-hybridized carbons (Fsp3) is 0.294. The average molecular weight is 326 g/mol. The predicted octanol–water partition coefficient (Wildman–Crippen LogP) is 3.39. The van der Waals surface area contributed by atoms with Crippen molar-refractivity contribution in [2.24, 2.45) is 0 Å². The first-order valence-electron chi connectivity index (χ1n) is 7.21. The van der Waals surface area contributed by atoms with Gasteiger partial charge in [0.25, 0.3) is 0 Å². The van der Waals surface area contributed by atoms with E-state index in [9.17, 15) is 10.1 Å². The van der Waals surface area contributed by atoms with Crippen molar-refractivity contribution in [3.63, 3.8) is 0 Å². The molecule has 0 fully saturated rings. The van der Waals surface area contributed by atoms with Gasteiger partial charge in [0.05, 0.1) is 10.9 Å². The molecule has 0 aliphatic rings. The highest BCUT2D eigenvalue weighted by molar-refractivity contribution is 8.00. The van der Waals surface area contributed by atoms with Crippen LogP contribution in [0.1, 0.15) is 29.6 Å². The Morgan fingerprint density at radius 1 is 1.26 bits per heavy atom. The lowest BCUT2D eigenvalue weighted by Crippen LogP contribution is -2.23. The van der Waals surface area contributed by atoms with Crippen molar-refractivity contribution in [2.75, 3.05) is 5.32 Å². The smallest absolute Gasteiger partial charge is 0.237 e. The van der Waals surface area contributed by atoms with Crippen molar-refractivity contribution in [1.82, 2.24) is 9.97 Å². The number of carbonyl (C=O) groups is 1. The van der Waals surface area contributed by atoms with Crippen LogP contribution < -0.4 is 5.32 Å². The molecule has 6 heteroatoms. The Bertz CT molecular complexity index is 783. The lowest BCUT2D eigenvalue weighted by Gasteiger charge is -2.14. The molecule has 1 aromatic heterocycles. The van der Waals surface area contributed by atoms with Gasteiger partial charge in [0.2, 0.25) is 5.91 Å². The second kappa shape index (κ2) is 7.25. The maximum atomic E-state index is 12.4. The first kappa shape index (κ1) is 17.0. The van der Waals surface area contributed by atoms with Gasteiger partial charge in [0.15, 0.2) is 0 Å². The fourth-order valence-electron chi connectivity index (χ4n) is 2.06. The second-order valence-electron chi connectivity index (χ2n) is 5.21. The van der Waals surface area contributed by atoms with Crippen molar-refractivity contribution in [1.29, 1.82) is 5.26 Å². The average Bonchev–Trinajstić information content (AvgIpc) is 2.49. The normalized spacial score (nSPS) is 11.6. The first-order valence-corrected chi connectivity index (χ1v) is 8.09. The van der Waals surface area contributed by atoms with Gasteiger partial charge in [-0.3, -0.25) is 4.79 Å². The zero-order valence-electron chi connectivity index (χ0n) is 13.5. The van der Waals surface area contributed by atoms with E-state index in [2.05, 4.69) is 21.4 Å². The fourth-order valence-corrected chi connectivity index (χ4v) is 3.06. The van der Waals surface area contributed by atoms with E-state index < -0.39 is 0 Å². The molecular weight excluding hydrogens is 308 g/mol. The van der Waals surface area contributed by atoms with E-state index in [4.69, 9.17) is 0 Å². The Morgan fingerprint density at radius 2 is 1.96 bits per heavy atom. The van der Waals surface area contributed by atoms with Crippen LogP contribution in [-0.2, 0) is 4.79 Å². The van der Waals surface area contributed by atoms with Gasteiger partial charge in [0, 0.05) is 5.69 Å². The maximum absolute atomic E-state index is 12.4. The van der Waals surface area contributed by atoms with Gasteiger partial charge in [-0.15, -0.1) is 0 Å². The van der Waals surface area contributed by atoms with Crippen LogP contribution in [0.3, 0.4) is 0 Å². The third-order valence-electron chi connectivity index (χ3n) is 3.34. The highest BCUT2D eigenvalue weighted by atomic mass is 32.2. The minimum Gasteiger partial charge on any atom is -0.325 e. The molecular formula is C17H18N4OS. The molecule has 0 aliphatic heterocycles. The molecule has 1 unspecified atom stereocenters. The van der Waals surface area contributed by atoms with Crippen molar-refractivity contribution >= 4 is 23.4 Å². The number of amides is 1. The lowest BCUT2D eigenvalue weighted by molar-refractivity contribution is -0.115. The van der Waals surface area contributed by atoms with Crippen LogP contribution in [0.2, 0.25) is 0 Å². The summed E-state index contributed by atoms with van der Waals surface area (Å²) in [4.78, 5) is 20.9. The third kappa shape index (κ3) is 4.08. The summed E-state index contributed by atoms with van der Waals surface area (Å²) in [5.41, 5.74) is 2.86. The van der Waals surface area contributed by atoms with Crippen LogP contribution >= 0.6 is 11.8 Å². The number of nitriles is 1. The summed E-state index contributed by atoms with van der Waals surface area (Å²) in [5.74, 6) is 0.470. The molecule has 0 aliphatic carbocycles. The molecule has 23 heavy (non-hydrogen) atoms. The number of nitrogens with one attached hydrogen (secondary N) is 1. The Morgan fingerprint density at radius 3 is 2.61 bits per heavy atom. The topological polar surface area (TPSA) is 78.7 Å². The SMILES string of the molecule is Cc1nc(C)c(C#N)c(SC(C)C(=O)Nc2ccccc2C)n1. The zero-order valence-corrected chi connectivity index (χ0v) is 14.4. The number of anilines is 1. The standard InChI is InChI=1S/C17H18N4OS/c1-10-7-5-6-8-15(10)21-16(22)12(3)23-17-14(9-18)11(2)19-13(4)20-17/h5-8,12H,1-4H3,(H,21,22). The summed E-state index contributed by atoms with van der Waals surface area (Å²) >= 11 is 1.27. The number of carbonyl (C=O) groups excluding carboxylic acids is 1. The van der Waals surface area contributed by atoms with Gasteiger partial charge in [0.1, 0.15) is 22.5 Å². The molecule has 5 nitrogen and oxygen atoms in total. The van der Waals surface area contributed by atoms with Crippen LogP contribution in [0.15, 0.2) is 29.3 Å². The molecule has 0 radical (unpaired) electrons. The van der Waals surface area contributed by atoms with Crippen LogP contribution in [0.5, 0.6) is 0 Å². The maximum Gasteiger partial charge on any atom is 0.237 e. The van der Waals surface area contributed by atoms with Crippen molar-refractivity contribution in [3.05, 3.63) is 46.9 Å². The molecule has 0 saturated carbocycles. The van der Waals surface area contributed by atoms with E-state index in [1.165, 1.54) is 11.8 Å². The molecule has 2 aromatic rings. The van der Waals surface area contributed by atoms with Gasteiger partial charge in [-0.1, -0.05) is 30.0 Å². The van der Waals surface area contributed by atoms with Crippen molar-refractivity contribution in [3.8, 4) is 6.07 Å². The Hall–Kier alpha value is -2.39. The molecule has 2 rings (SSSR count). The van der Waals surface area contributed by atoms with E-state index in [1.54, 1.807) is 20.8 Å². The van der Waals surface area contributed by atoms with Gasteiger partial charge in [-0.05, 0) is 39.3 Å². The van der Waals surface area contributed by atoms with E-state index in [-0.39, 0.29) is 11.2 Å². The number of rotatable bonds is 4. The van der Waals surface area contributed by atoms with Crippen LogP contribution in [0.25, 0.3) is 0 Å². The molecule has 1 aromatic carbocycles. The second-order valence-corrected chi connectivity index (χ2v) is 6.54. The minimum atomic E-state index is -0.379. The number of aromatic nitrogens is 2. The molecule has 1 heterocycles. The summed E-state index contributed by atoms with van der Waals surface area (Å²) in [5, 5.41) is 12.3. The number of aryl methyl sites for hydroxylation is 3. The lowest BCUT2D eigenvalue weighted by atomic mass is 10.2. The highest BCUT2D eigenvalue weighted by Gasteiger charge is 2.19.